The van der Waals surface area contributed by atoms with Crippen molar-refractivity contribution in [3.8, 4) is 0 Å². The Balaban J connectivity index is 1.51. The number of anilines is 1. The summed E-state index contributed by atoms with van der Waals surface area (Å²) < 4.78 is 7.63. The Labute approximate surface area is 151 Å². The molecule has 7 nitrogen and oxygen atoms in total. The van der Waals surface area contributed by atoms with E-state index in [2.05, 4.69) is 24.4 Å². The van der Waals surface area contributed by atoms with Gasteiger partial charge in [-0.15, -0.1) is 11.6 Å². The van der Waals surface area contributed by atoms with Crippen LogP contribution < -0.4 is 4.90 Å². The number of aromatic nitrogens is 4. The highest BCUT2D eigenvalue weighted by Gasteiger charge is 2.53. The van der Waals surface area contributed by atoms with Crippen molar-refractivity contribution in [3.05, 3.63) is 12.7 Å². The SMILES string of the molecule is OC[C@H]1[C@@H]2C[C@H](n3cnc4c(N5CCOCC5)ncnc43)[C@H]1C[C@@H]2Cl. The van der Waals surface area contributed by atoms with Gasteiger partial charge in [0, 0.05) is 31.1 Å². The minimum atomic E-state index is 0.187. The van der Waals surface area contributed by atoms with Crippen LogP contribution in [0.15, 0.2) is 12.7 Å². The average molecular weight is 364 g/mol. The fourth-order valence-electron chi connectivity index (χ4n) is 5.09. The molecule has 1 N–H and O–H groups in total. The summed E-state index contributed by atoms with van der Waals surface area (Å²) in [5, 5.41) is 9.97. The Morgan fingerprint density at radius 1 is 1.16 bits per heavy atom. The number of halogens is 1. The predicted molar refractivity (Wildman–Crippen MR) is 93.8 cm³/mol. The minimum absolute atomic E-state index is 0.187. The normalized spacial score (nSPS) is 35.0. The molecule has 1 aliphatic heterocycles. The summed E-state index contributed by atoms with van der Waals surface area (Å²) in [6, 6.07) is 0.314. The molecule has 0 radical (unpaired) electrons. The molecule has 8 heteroatoms. The number of fused-ring (bicyclic) bond motifs is 3. The zero-order valence-corrected chi connectivity index (χ0v) is 14.7. The number of ether oxygens (including phenoxy) is 1. The standard InChI is InChI=1S/C17H22ClN5O2/c18-13-5-11-12(7-24)10(13)6-14(11)23-9-21-15-16(19-8-20-17(15)23)22-1-3-25-4-2-22/h8-14,24H,1-7H2/t10-,11-,12-,13-,14-/m0/s1. The van der Waals surface area contributed by atoms with Crippen LogP contribution in [0.3, 0.4) is 0 Å². The fourth-order valence-corrected chi connectivity index (χ4v) is 5.59. The van der Waals surface area contributed by atoms with Gasteiger partial charge in [-0.25, -0.2) is 15.0 Å². The first-order valence-corrected chi connectivity index (χ1v) is 9.46. The van der Waals surface area contributed by atoms with Crippen molar-refractivity contribution in [2.45, 2.75) is 24.3 Å². The molecule has 2 aliphatic carbocycles. The van der Waals surface area contributed by atoms with Crippen LogP contribution in [0.5, 0.6) is 0 Å². The maximum Gasteiger partial charge on any atom is 0.165 e. The maximum atomic E-state index is 9.78. The molecule has 3 aliphatic rings. The lowest BCUT2D eigenvalue weighted by atomic mass is 9.94. The Kier molecular flexibility index (Phi) is 3.83. The smallest absolute Gasteiger partial charge is 0.165 e. The van der Waals surface area contributed by atoms with E-state index < -0.39 is 0 Å². The highest BCUT2D eigenvalue weighted by atomic mass is 35.5. The van der Waals surface area contributed by atoms with E-state index in [0.29, 0.717) is 37.0 Å². The highest BCUT2D eigenvalue weighted by Crippen LogP contribution is 2.56. The van der Waals surface area contributed by atoms with Gasteiger partial charge in [0.15, 0.2) is 17.0 Å². The number of morpholine rings is 1. The topological polar surface area (TPSA) is 76.3 Å². The zero-order chi connectivity index (χ0) is 17.0. The summed E-state index contributed by atoms with van der Waals surface area (Å²) in [4.78, 5) is 15.9. The second-order valence-corrected chi connectivity index (χ2v) is 7.91. The van der Waals surface area contributed by atoms with E-state index in [1.807, 2.05) is 6.33 Å². The Morgan fingerprint density at radius 3 is 2.76 bits per heavy atom. The number of rotatable bonds is 3. The molecule has 2 bridgehead atoms. The van der Waals surface area contributed by atoms with Gasteiger partial charge in [-0.05, 0) is 30.6 Å². The van der Waals surface area contributed by atoms with Gasteiger partial charge in [0.25, 0.3) is 0 Å². The van der Waals surface area contributed by atoms with Crippen LogP contribution >= 0.6 is 11.6 Å². The number of alkyl halides is 1. The average Bonchev–Trinajstić information content (AvgIpc) is 3.31. The molecule has 0 aromatic carbocycles. The van der Waals surface area contributed by atoms with Crippen LogP contribution in [0.2, 0.25) is 0 Å². The number of nitrogens with zero attached hydrogens (tertiary/aromatic N) is 5. The van der Waals surface area contributed by atoms with E-state index in [9.17, 15) is 5.11 Å². The molecule has 2 aromatic heterocycles. The van der Waals surface area contributed by atoms with Gasteiger partial charge < -0.3 is 19.3 Å². The molecule has 0 unspecified atom stereocenters. The molecule has 134 valence electrons. The van der Waals surface area contributed by atoms with Crippen molar-refractivity contribution in [3.63, 3.8) is 0 Å². The molecule has 2 saturated carbocycles. The van der Waals surface area contributed by atoms with Crippen molar-refractivity contribution in [1.82, 2.24) is 19.5 Å². The Bertz CT molecular complexity index is 777. The van der Waals surface area contributed by atoms with Crippen molar-refractivity contribution in [1.29, 1.82) is 0 Å². The molecule has 3 fully saturated rings. The van der Waals surface area contributed by atoms with E-state index in [1.54, 1.807) is 6.33 Å². The molecule has 0 spiro atoms. The van der Waals surface area contributed by atoms with Crippen LogP contribution in [-0.4, -0.2) is 62.9 Å². The number of hydrogen-bond donors (Lipinski definition) is 1. The number of aliphatic hydroxyl groups excluding tert-OH is 1. The Morgan fingerprint density at radius 2 is 2.00 bits per heavy atom. The molecule has 3 heterocycles. The Hall–Kier alpha value is -1.44. The van der Waals surface area contributed by atoms with Gasteiger partial charge in [-0.2, -0.15) is 0 Å². The van der Waals surface area contributed by atoms with E-state index in [-0.39, 0.29) is 12.0 Å². The molecular weight excluding hydrogens is 342 g/mol. The second kappa shape index (κ2) is 6.07. The van der Waals surface area contributed by atoms with Crippen LogP contribution in [0.25, 0.3) is 11.2 Å². The lowest BCUT2D eigenvalue weighted by molar-refractivity contribution is 0.122. The largest absolute Gasteiger partial charge is 0.396 e. The third-order valence-electron chi connectivity index (χ3n) is 6.29. The molecular formula is C17H22ClN5O2. The lowest BCUT2D eigenvalue weighted by Gasteiger charge is -2.28. The maximum absolute atomic E-state index is 9.78. The van der Waals surface area contributed by atoms with E-state index in [4.69, 9.17) is 16.3 Å². The summed E-state index contributed by atoms with van der Waals surface area (Å²) in [7, 11) is 0. The second-order valence-electron chi connectivity index (χ2n) is 7.35. The first kappa shape index (κ1) is 15.8. The fraction of sp³-hybridized carbons (Fsp3) is 0.706. The van der Waals surface area contributed by atoms with Gasteiger partial charge in [-0.1, -0.05) is 0 Å². The lowest BCUT2D eigenvalue weighted by Crippen LogP contribution is -2.37. The van der Waals surface area contributed by atoms with Crippen molar-refractivity contribution in [2.75, 3.05) is 37.8 Å². The molecule has 25 heavy (non-hydrogen) atoms. The van der Waals surface area contributed by atoms with Gasteiger partial charge in [0.05, 0.1) is 19.5 Å². The number of aliphatic hydroxyl groups is 1. The number of imidazole rings is 1. The van der Waals surface area contributed by atoms with Crippen LogP contribution in [0.4, 0.5) is 5.82 Å². The van der Waals surface area contributed by atoms with Crippen LogP contribution in [-0.2, 0) is 4.74 Å². The van der Waals surface area contributed by atoms with Crippen LogP contribution in [0.1, 0.15) is 18.9 Å². The van der Waals surface area contributed by atoms with E-state index >= 15 is 0 Å². The first-order valence-electron chi connectivity index (χ1n) is 9.03. The summed E-state index contributed by atoms with van der Waals surface area (Å²) in [5.74, 6) is 1.98. The molecule has 2 aromatic rings. The van der Waals surface area contributed by atoms with Gasteiger partial charge in [0.1, 0.15) is 6.33 Å². The van der Waals surface area contributed by atoms with Crippen molar-refractivity contribution < 1.29 is 9.84 Å². The van der Waals surface area contributed by atoms with Crippen molar-refractivity contribution >= 4 is 28.6 Å². The summed E-state index contributed by atoms with van der Waals surface area (Å²) in [6.07, 6.45) is 5.48. The third kappa shape index (κ3) is 2.36. The van der Waals surface area contributed by atoms with Gasteiger partial charge in [-0.3, -0.25) is 0 Å². The highest BCUT2D eigenvalue weighted by molar-refractivity contribution is 6.21. The van der Waals surface area contributed by atoms with Gasteiger partial charge >= 0.3 is 0 Å². The van der Waals surface area contributed by atoms with E-state index in [0.717, 1.165) is 42.9 Å². The number of hydrogen-bond acceptors (Lipinski definition) is 6. The molecule has 0 amide bonds. The summed E-state index contributed by atoms with van der Waals surface area (Å²) >= 11 is 6.47. The zero-order valence-electron chi connectivity index (χ0n) is 14.0. The minimum Gasteiger partial charge on any atom is -0.396 e. The predicted octanol–water partition coefficient (Wildman–Crippen LogP) is 1.46. The summed E-state index contributed by atoms with van der Waals surface area (Å²) in [5.41, 5.74) is 1.74. The van der Waals surface area contributed by atoms with Crippen molar-refractivity contribution in [2.24, 2.45) is 17.8 Å². The summed E-state index contributed by atoms with van der Waals surface area (Å²) in [6.45, 7) is 3.30. The van der Waals surface area contributed by atoms with Crippen LogP contribution in [0, 0.1) is 17.8 Å². The monoisotopic (exact) mass is 363 g/mol. The quantitative estimate of drug-likeness (QED) is 0.832. The molecule has 1 saturated heterocycles. The van der Waals surface area contributed by atoms with E-state index in [1.165, 1.54) is 0 Å². The molecule has 5 atom stereocenters. The van der Waals surface area contributed by atoms with Gasteiger partial charge in [0.2, 0.25) is 0 Å². The first-order chi connectivity index (χ1) is 12.3. The third-order valence-corrected chi connectivity index (χ3v) is 6.79. The molecule has 5 rings (SSSR count).